The second kappa shape index (κ2) is 6.75. The van der Waals surface area contributed by atoms with Gasteiger partial charge in [-0.3, -0.25) is 0 Å². The summed E-state index contributed by atoms with van der Waals surface area (Å²) in [6.07, 6.45) is 1.93. The molecule has 2 aromatic carbocycles. The van der Waals surface area contributed by atoms with E-state index in [-0.39, 0.29) is 20.1 Å². The van der Waals surface area contributed by atoms with Gasteiger partial charge in [-0.05, 0) is 0 Å². The molecule has 0 aliphatic heterocycles. The Balaban J connectivity index is 2.16. The Labute approximate surface area is 118 Å². The molecule has 0 bridgehead atoms. The number of hydrogen-bond donors (Lipinski definition) is 0. The number of benzene rings is 2. The van der Waals surface area contributed by atoms with Crippen LogP contribution in [0.15, 0.2) is 59.6 Å². The van der Waals surface area contributed by atoms with Gasteiger partial charge < -0.3 is 0 Å². The average molecular weight is 323 g/mol. The second-order valence-electron chi connectivity index (χ2n) is 3.98. The van der Waals surface area contributed by atoms with Crippen molar-refractivity contribution in [2.45, 2.75) is 13.0 Å². The molecule has 1 nitrogen and oxygen atoms in total. The maximum absolute atomic E-state index is 5.97. The molecular formula is C15H14ClNSe. The summed E-state index contributed by atoms with van der Waals surface area (Å²) >= 11 is -0.0153. The summed E-state index contributed by atoms with van der Waals surface area (Å²) < 4.78 is 1.18. The van der Waals surface area contributed by atoms with E-state index in [1.807, 2.05) is 36.5 Å². The predicted octanol–water partition coefficient (Wildman–Crippen LogP) is 3.35. The fraction of sp³-hybridized carbons (Fsp3) is 0.133. The van der Waals surface area contributed by atoms with Gasteiger partial charge in [-0.2, -0.15) is 0 Å². The van der Waals surface area contributed by atoms with E-state index in [0.29, 0.717) is 0 Å². The van der Waals surface area contributed by atoms with Crippen LogP contribution in [0, 0.1) is 0 Å². The van der Waals surface area contributed by atoms with E-state index < -0.39 is 0 Å². The Morgan fingerprint density at radius 1 is 1.06 bits per heavy atom. The van der Waals surface area contributed by atoms with Crippen LogP contribution in [0.3, 0.4) is 0 Å². The van der Waals surface area contributed by atoms with Gasteiger partial charge >= 0.3 is 119 Å². The van der Waals surface area contributed by atoms with Crippen molar-refractivity contribution in [2.75, 3.05) is 0 Å². The van der Waals surface area contributed by atoms with Crippen LogP contribution in [-0.4, -0.2) is 20.3 Å². The summed E-state index contributed by atoms with van der Waals surface area (Å²) in [4.78, 5) is 4.60. The van der Waals surface area contributed by atoms with E-state index in [9.17, 15) is 0 Å². The van der Waals surface area contributed by atoms with Crippen LogP contribution in [0.4, 0.5) is 0 Å². The van der Waals surface area contributed by atoms with Gasteiger partial charge in [-0.25, -0.2) is 0 Å². The van der Waals surface area contributed by atoms with Crippen molar-refractivity contribution in [2.24, 2.45) is 4.99 Å². The third-order valence-corrected chi connectivity index (χ3v) is 4.71. The molecule has 0 saturated heterocycles. The zero-order valence-electron chi connectivity index (χ0n) is 10.1. The van der Waals surface area contributed by atoms with Crippen molar-refractivity contribution in [3.63, 3.8) is 0 Å². The van der Waals surface area contributed by atoms with Crippen molar-refractivity contribution in [3.05, 3.63) is 65.7 Å². The van der Waals surface area contributed by atoms with Crippen LogP contribution in [0.25, 0.3) is 0 Å². The molecule has 1 atom stereocenters. The molecule has 92 valence electrons. The van der Waals surface area contributed by atoms with Gasteiger partial charge in [0.1, 0.15) is 0 Å². The summed E-state index contributed by atoms with van der Waals surface area (Å²) in [5.41, 5.74) is 2.35. The monoisotopic (exact) mass is 323 g/mol. The van der Waals surface area contributed by atoms with Crippen LogP contribution in [0.2, 0.25) is 0 Å². The minimum atomic E-state index is -0.0153. The molecule has 0 aliphatic rings. The van der Waals surface area contributed by atoms with Gasteiger partial charge in [0, 0.05) is 0 Å². The Bertz CT molecular complexity index is 525. The Kier molecular flexibility index (Phi) is 5.00. The summed E-state index contributed by atoms with van der Waals surface area (Å²) in [6.45, 7) is 2.10. The first-order valence-corrected chi connectivity index (χ1v) is 8.88. The predicted molar refractivity (Wildman–Crippen MR) is 80.1 cm³/mol. The molecular weight excluding hydrogens is 309 g/mol. The molecule has 0 N–H and O–H groups in total. The molecule has 18 heavy (non-hydrogen) atoms. The molecule has 0 fully saturated rings. The summed E-state index contributed by atoms with van der Waals surface area (Å²) in [5, 5.41) is 0. The van der Waals surface area contributed by atoms with Gasteiger partial charge in [0.2, 0.25) is 0 Å². The number of hydrogen-bond acceptors (Lipinski definition) is 1. The van der Waals surface area contributed by atoms with E-state index in [4.69, 9.17) is 10.1 Å². The zero-order chi connectivity index (χ0) is 12.8. The average Bonchev–Trinajstić information content (AvgIpc) is 2.46. The van der Waals surface area contributed by atoms with Crippen molar-refractivity contribution >= 4 is 34.8 Å². The molecule has 0 saturated carbocycles. The third-order valence-electron chi connectivity index (χ3n) is 2.72. The third kappa shape index (κ3) is 3.46. The normalized spacial score (nSPS) is 12.8. The molecule has 0 spiro atoms. The molecule has 0 unspecified atom stereocenters. The minimum absolute atomic E-state index is 0.0153. The van der Waals surface area contributed by atoms with Crippen LogP contribution in [0.5, 0.6) is 0 Å². The summed E-state index contributed by atoms with van der Waals surface area (Å²) in [5.74, 6) is 0. The van der Waals surface area contributed by atoms with E-state index in [1.165, 1.54) is 10.0 Å². The Morgan fingerprint density at radius 3 is 2.44 bits per heavy atom. The zero-order valence-corrected chi connectivity index (χ0v) is 12.6. The SMILES string of the molecule is C[C@@H](N=Cc1ccccc1[Se]Cl)c1ccccc1. The Hall–Kier alpha value is -1.08. The van der Waals surface area contributed by atoms with E-state index in [0.717, 1.165) is 5.56 Å². The van der Waals surface area contributed by atoms with E-state index in [2.05, 4.69) is 36.2 Å². The molecule has 0 radical (unpaired) electrons. The fourth-order valence-electron chi connectivity index (χ4n) is 1.67. The van der Waals surface area contributed by atoms with Crippen molar-refractivity contribution in [1.29, 1.82) is 0 Å². The molecule has 0 aromatic heterocycles. The van der Waals surface area contributed by atoms with Gasteiger partial charge in [-0.1, -0.05) is 0 Å². The number of aliphatic imine (C=N–C) groups is 1. The Morgan fingerprint density at radius 2 is 1.72 bits per heavy atom. The first kappa shape index (κ1) is 13.4. The van der Waals surface area contributed by atoms with E-state index in [1.54, 1.807) is 0 Å². The maximum atomic E-state index is 5.97. The van der Waals surface area contributed by atoms with Crippen LogP contribution < -0.4 is 4.46 Å². The number of nitrogens with zero attached hydrogens (tertiary/aromatic N) is 1. The van der Waals surface area contributed by atoms with E-state index >= 15 is 0 Å². The molecule has 2 rings (SSSR count). The molecule has 0 aliphatic carbocycles. The van der Waals surface area contributed by atoms with Crippen molar-refractivity contribution < 1.29 is 0 Å². The van der Waals surface area contributed by atoms with Crippen LogP contribution in [-0.2, 0) is 0 Å². The van der Waals surface area contributed by atoms with Crippen LogP contribution in [0.1, 0.15) is 24.1 Å². The number of halogens is 1. The topological polar surface area (TPSA) is 12.4 Å². The van der Waals surface area contributed by atoms with Crippen molar-refractivity contribution in [3.8, 4) is 0 Å². The molecule has 3 heteroatoms. The van der Waals surface area contributed by atoms with Gasteiger partial charge in [0.15, 0.2) is 0 Å². The molecule has 0 amide bonds. The standard InChI is InChI=1S/C15H14ClNSe/c1-12(13-7-3-2-4-8-13)17-11-14-9-5-6-10-15(14)18-16/h2-12H,1H3/t12-/m1/s1. The van der Waals surface area contributed by atoms with Crippen LogP contribution >= 0.6 is 10.1 Å². The van der Waals surface area contributed by atoms with Crippen molar-refractivity contribution in [1.82, 2.24) is 0 Å². The first-order chi connectivity index (χ1) is 8.81. The summed E-state index contributed by atoms with van der Waals surface area (Å²) in [7, 11) is 5.97. The van der Waals surface area contributed by atoms with Gasteiger partial charge in [0.25, 0.3) is 0 Å². The first-order valence-electron chi connectivity index (χ1n) is 5.77. The molecule has 2 aromatic rings. The number of rotatable bonds is 4. The van der Waals surface area contributed by atoms with Gasteiger partial charge in [-0.15, -0.1) is 0 Å². The quantitative estimate of drug-likeness (QED) is 0.605. The fourth-order valence-corrected chi connectivity index (χ4v) is 3.11. The van der Waals surface area contributed by atoms with Gasteiger partial charge in [0.05, 0.1) is 0 Å². The molecule has 0 heterocycles. The second-order valence-corrected chi connectivity index (χ2v) is 6.03. The summed E-state index contributed by atoms with van der Waals surface area (Å²) in [6, 6.07) is 18.6.